The smallest absolute Gasteiger partial charge is 0.264 e. The predicted octanol–water partition coefficient (Wildman–Crippen LogP) is 3.69. The highest BCUT2D eigenvalue weighted by Crippen LogP contribution is 2.32. The summed E-state index contributed by atoms with van der Waals surface area (Å²) in [5, 5.41) is 2.91. The summed E-state index contributed by atoms with van der Waals surface area (Å²) in [6.07, 6.45) is 2.37. The summed E-state index contributed by atoms with van der Waals surface area (Å²) in [6, 6.07) is 9.98. The van der Waals surface area contributed by atoms with Gasteiger partial charge >= 0.3 is 0 Å². The molecule has 2 N–H and O–H groups in total. The van der Waals surface area contributed by atoms with Crippen LogP contribution in [0.25, 0.3) is 0 Å². The molecule has 0 aliphatic rings. The Bertz CT molecular complexity index is 1470. The lowest BCUT2D eigenvalue weighted by molar-refractivity contribution is -0.116. The van der Waals surface area contributed by atoms with Gasteiger partial charge in [-0.05, 0) is 62.4 Å². The number of carbonyl (C=O) groups is 1. The van der Waals surface area contributed by atoms with Crippen molar-refractivity contribution in [1.29, 1.82) is 0 Å². The van der Waals surface area contributed by atoms with E-state index in [4.69, 9.17) is 23.2 Å². The van der Waals surface area contributed by atoms with Gasteiger partial charge in [0.1, 0.15) is 6.04 Å². The van der Waals surface area contributed by atoms with Crippen molar-refractivity contribution in [2.24, 2.45) is 0 Å². The fourth-order valence-electron chi connectivity index (χ4n) is 3.08. The Balaban J connectivity index is 1.79. The monoisotopic (exact) mass is 557 g/mol. The number of rotatable bonds is 8. The van der Waals surface area contributed by atoms with Crippen molar-refractivity contribution in [3.8, 4) is 0 Å². The number of hydrogen-bond acceptors (Lipinski definition) is 7. The van der Waals surface area contributed by atoms with Crippen molar-refractivity contribution in [1.82, 2.24) is 9.97 Å². The zero-order valence-corrected chi connectivity index (χ0v) is 21.9. The Morgan fingerprint density at radius 1 is 1.03 bits per heavy atom. The average Bonchev–Trinajstić information content (AvgIpc) is 2.75. The van der Waals surface area contributed by atoms with Crippen LogP contribution in [0.15, 0.2) is 59.6 Å². The van der Waals surface area contributed by atoms with Gasteiger partial charge in [-0.3, -0.25) is 9.10 Å². The van der Waals surface area contributed by atoms with Gasteiger partial charge in [0.2, 0.25) is 21.9 Å². The minimum absolute atomic E-state index is 0.0511. The van der Waals surface area contributed by atoms with Crippen LogP contribution in [0.1, 0.15) is 12.6 Å². The minimum Gasteiger partial charge on any atom is -0.324 e. The highest BCUT2D eigenvalue weighted by atomic mass is 35.5. The molecular formula is C21H21Cl2N5O5S2. The van der Waals surface area contributed by atoms with E-state index in [2.05, 4.69) is 20.0 Å². The molecular weight excluding hydrogens is 537 g/mol. The van der Waals surface area contributed by atoms with Crippen LogP contribution in [0.4, 0.5) is 17.3 Å². The Kier molecular flexibility index (Phi) is 7.90. The highest BCUT2D eigenvalue weighted by Gasteiger charge is 2.31. The number of anilines is 3. The van der Waals surface area contributed by atoms with Gasteiger partial charge in [-0.1, -0.05) is 23.2 Å². The molecule has 10 nitrogen and oxygen atoms in total. The third kappa shape index (κ3) is 6.60. The van der Waals surface area contributed by atoms with Gasteiger partial charge in [-0.2, -0.15) is 0 Å². The van der Waals surface area contributed by atoms with Crippen molar-refractivity contribution in [3.05, 3.63) is 70.5 Å². The van der Waals surface area contributed by atoms with E-state index >= 15 is 0 Å². The quantitative estimate of drug-likeness (QED) is 0.430. The van der Waals surface area contributed by atoms with Crippen molar-refractivity contribution in [3.63, 3.8) is 0 Å². The second kappa shape index (κ2) is 10.4. The molecule has 1 heterocycles. The van der Waals surface area contributed by atoms with Gasteiger partial charge < -0.3 is 5.32 Å². The molecule has 1 aromatic heterocycles. The lowest BCUT2D eigenvalue weighted by Gasteiger charge is -2.29. The van der Waals surface area contributed by atoms with Gasteiger partial charge in [-0.25, -0.2) is 31.5 Å². The lowest BCUT2D eigenvalue weighted by atomic mass is 10.2. The van der Waals surface area contributed by atoms with Crippen LogP contribution in [-0.4, -0.2) is 45.0 Å². The molecule has 0 radical (unpaired) electrons. The van der Waals surface area contributed by atoms with E-state index < -0.39 is 32.0 Å². The molecule has 186 valence electrons. The molecule has 0 aliphatic carbocycles. The summed E-state index contributed by atoms with van der Waals surface area (Å²) in [7, 11) is -7.89. The molecule has 1 atom stereocenters. The number of amides is 1. The van der Waals surface area contributed by atoms with Crippen LogP contribution >= 0.6 is 23.2 Å². The molecule has 0 saturated carbocycles. The van der Waals surface area contributed by atoms with E-state index in [-0.39, 0.29) is 32.3 Å². The maximum Gasteiger partial charge on any atom is 0.264 e. The van der Waals surface area contributed by atoms with Crippen LogP contribution in [0.5, 0.6) is 0 Å². The van der Waals surface area contributed by atoms with Gasteiger partial charge in [0, 0.05) is 22.6 Å². The Morgan fingerprint density at radius 2 is 1.69 bits per heavy atom. The molecule has 0 fully saturated rings. The number of carbonyl (C=O) groups excluding carboxylic acids is 1. The number of benzene rings is 2. The molecule has 14 heteroatoms. The van der Waals surface area contributed by atoms with Crippen LogP contribution < -0.4 is 14.3 Å². The van der Waals surface area contributed by atoms with Crippen LogP contribution in [0.3, 0.4) is 0 Å². The van der Waals surface area contributed by atoms with E-state index in [1.54, 1.807) is 13.0 Å². The SMILES string of the molecule is Cc1ccnc(NS(=O)(=O)c2ccc(NC(=O)C(C)N(c3cc(Cl)ccc3Cl)S(C)(=O)=O)cc2)n1. The first kappa shape index (κ1) is 26.7. The Labute approximate surface area is 213 Å². The second-order valence-electron chi connectivity index (χ2n) is 7.47. The molecule has 0 bridgehead atoms. The highest BCUT2D eigenvalue weighted by molar-refractivity contribution is 7.92. The molecule has 3 aromatic rings. The first-order chi connectivity index (χ1) is 16.3. The maximum atomic E-state index is 12.9. The largest absolute Gasteiger partial charge is 0.324 e. The number of halogens is 2. The summed E-state index contributed by atoms with van der Waals surface area (Å²) in [4.78, 5) is 20.7. The zero-order valence-electron chi connectivity index (χ0n) is 18.7. The van der Waals surface area contributed by atoms with E-state index in [1.165, 1.54) is 55.6 Å². The third-order valence-corrected chi connectivity index (χ3v) is 7.81. The first-order valence-electron chi connectivity index (χ1n) is 9.96. The van der Waals surface area contributed by atoms with Gasteiger partial charge in [-0.15, -0.1) is 0 Å². The van der Waals surface area contributed by atoms with Crippen molar-refractivity contribution in [2.75, 3.05) is 20.6 Å². The lowest BCUT2D eigenvalue weighted by Crippen LogP contribution is -2.45. The molecule has 0 aliphatic heterocycles. The van der Waals surface area contributed by atoms with E-state index in [0.29, 0.717) is 5.69 Å². The van der Waals surface area contributed by atoms with Gasteiger partial charge in [0.15, 0.2) is 0 Å². The molecule has 1 amide bonds. The number of sulfonamides is 2. The van der Waals surface area contributed by atoms with E-state index in [9.17, 15) is 21.6 Å². The van der Waals surface area contributed by atoms with Crippen molar-refractivity contribution < 1.29 is 21.6 Å². The molecule has 2 aromatic carbocycles. The second-order valence-corrected chi connectivity index (χ2v) is 11.9. The number of aromatic nitrogens is 2. The molecule has 0 saturated heterocycles. The number of aryl methyl sites for hydroxylation is 1. The topological polar surface area (TPSA) is 138 Å². The summed E-state index contributed by atoms with van der Waals surface area (Å²) in [6.45, 7) is 3.08. The van der Waals surface area contributed by atoms with Crippen LogP contribution in [-0.2, 0) is 24.8 Å². The van der Waals surface area contributed by atoms with Crippen molar-refractivity contribution >= 4 is 66.5 Å². The maximum absolute atomic E-state index is 12.9. The van der Waals surface area contributed by atoms with E-state index in [0.717, 1.165) is 10.6 Å². The summed E-state index contributed by atoms with van der Waals surface area (Å²) in [5.74, 6) is -0.745. The third-order valence-electron chi connectivity index (χ3n) is 4.69. The number of nitrogens with zero attached hydrogens (tertiary/aromatic N) is 3. The van der Waals surface area contributed by atoms with Crippen molar-refractivity contribution in [2.45, 2.75) is 24.8 Å². The average molecular weight is 558 g/mol. The van der Waals surface area contributed by atoms with E-state index in [1.807, 2.05) is 0 Å². The molecule has 0 spiro atoms. The zero-order chi connectivity index (χ0) is 26.0. The Morgan fingerprint density at radius 3 is 2.29 bits per heavy atom. The van der Waals surface area contributed by atoms with Gasteiger partial charge in [0.05, 0.1) is 21.9 Å². The van der Waals surface area contributed by atoms with Crippen LogP contribution in [0.2, 0.25) is 10.0 Å². The minimum atomic E-state index is -3.97. The normalized spacial score (nSPS) is 12.6. The first-order valence-corrected chi connectivity index (χ1v) is 14.0. The number of hydrogen-bond donors (Lipinski definition) is 2. The predicted molar refractivity (Wildman–Crippen MR) is 136 cm³/mol. The summed E-state index contributed by atoms with van der Waals surface area (Å²) >= 11 is 12.2. The standard InChI is InChI=1S/C21H21Cl2N5O5S2/c1-13-10-11-24-21(25-13)27-35(32,33)17-7-5-16(6-8-17)26-20(29)14(2)28(34(3,30)31)19-12-15(22)4-9-18(19)23/h4-12,14H,1-3H3,(H,26,29)(H,24,25,27). The number of nitrogens with one attached hydrogen (secondary N) is 2. The Hall–Kier alpha value is -2.93. The molecule has 35 heavy (non-hydrogen) atoms. The summed E-state index contributed by atoms with van der Waals surface area (Å²) < 4.78 is 53.3. The summed E-state index contributed by atoms with van der Waals surface area (Å²) in [5.41, 5.74) is 0.889. The van der Waals surface area contributed by atoms with Crippen LogP contribution in [0, 0.1) is 6.92 Å². The fourth-order valence-corrected chi connectivity index (χ4v) is 5.63. The van der Waals surface area contributed by atoms with Gasteiger partial charge in [0.25, 0.3) is 10.0 Å². The fraction of sp³-hybridized carbons (Fsp3) is 0.190. The molecule has 3 rings (SSSR count). The molecule has 1 unspecified atom stereocenters.